The number of imide groups is 1. The molecule has 1 fully saturated rings. The van der Waals surface area contributed by atoms with E-state index in [1.807, 2.05) is 0 Å². The molecule has 0 atom stereocenters. The van der Waals surface area contributed by atoms with Crippen LogP contribution in [0.1, 0.15) is 49.5 Å². The minimum atomic E-state index is -0.393. The highest BCUT2D eigenvalue weighted by Gasteiger charge is 2.35. The minimum Gasteiger partial charge on any atom is -0.496 e. The minimum absolute atomic E-state index is 0.0369. The standard InChI is InChI=1S/C27H23N3O5/c1-35-23-13-8-17(16-30-26(33)20-5-2-3-6-21(20)27(30)34)15-22(23)25(32)28-18-9-11-19(12-10-18)29-14-4-7-24(29)31/h2-3,5-6,8-13,15H,4,7,14,16H2,1H3,(H,28,32). The number of hydrogen-bond acceptors (Lipinski definition) is 5. The summed E-state index contributed by atoms with van der Waals surface area (Å²) in [5, 5.41) is 2.84. The number of nitrogens with one attached hydrogen (secondary N) is 1. The first-order valence-electron chi connectivity index (χ1n) is 11.3. The molecule has 1 saturated heterocycles. The van der Waals surface area contributed by atoms with Crippen LogP contribution in [0.4, 0.5) is 11.4 Å². The van der Waals surface area contributed by atoms with Crippen molar-refractivity contribution in [2.45, 2.75) is 19.4 Å². The summed E-state index contributed by atoms with van der Waals surface area (Å²) in [5.41, 5.74) is 3.02. The zero-order valence-corrected chi connectivity index (χ0v) is 19.1. The lowest BCUT2D eigenvalue weighted by Crippen LogP contribution is -2.29. The molecule has 2 heterocycles. The lowest BCUT2D eigenvalue weighted by molar-refractivity contribution is -0.117. The van der Waals surface area contributed by atoms with Gasteiger partial charge in [0.1, 0.15) is 5.75 Å². The van der Waals surface area contributed by atoms with Crippen molar-refractivity contribution >= 4 is 35.0 Å². The number of nitrogens with zero attached hydrogens (tertiary/aromatic N) is 2. The number of hydrogen-bond donors (Lipinski definition) is 1. The van der Waals surface area contributed by atoms with Crippen LogP contribution in [0, 0.1) is 0 Å². The van der Waals surface area contributed by atoms with Crippen molar-refractivity contribution in [3.8, 4) is 5.75 Å². The second-order valence-corrected chi connectivity index (χ2v) is 8.43. The largest absolute Gasteiger partial charge is 0.496 e. The molecule has 35 heavy (non-hydrogen) atoms. The maximum atomic E-state index is 13.1. The maximum Gasteiger partial charge on any atom is 0.261 e. The lowest BCUT2D eigenvalue weighted by atomic mass is 10.1. The number of anilines is 2. The Morgan fingerprint density at radius 2 is 1.63 bits per heavy atom. The van der Waals surface area contributed by atoms with Crippen LogP contribution >= 0.6 is 0 Å². The number of methoxy groups -OCH3 is 1. The summed E-state index contributed by atoms with van der Waals surface area (Å²) in [5.74, 6) is -0.640. The molecule has 8 nitrogen and oxygen atoms in total. The number of fused-ring (bicyclic) bond motifs is 1. The second kappa shape index (κ2) is 9.06. The van der Waals surface area contributed by atoms with Crippen LogP contribution in [-0.2, 0) is 11.3 Å². The molecular weight excluding hydrogens is 446 g/mol. The van der Waals surface area contributed by atoms with Crippen LogP contribution in [0.5, 0.6) is 5.75 Å². The smallest absolute Gasteiger partial charge is 0.261 e. The van der Waals surface area contributed by atoms with Gasteiger partial charge in [0, 0.05) is 24.3 Å². The summed E-state index contributed by atoms with van der Waals surface area (Å²) in [6, 6.07) is 18.8. The Labute approximate surface area is 202 Å². The van der Waals surface area contributed by atoms with Crippen LogP contribution in [0.3, 0.4) is 0 Å². The molecular formula is C27H23N3O5. The summed E-state index contributed by atoms with van der Waals surface area (Å²) in [4.78, 5) is 53.4. The predicted molar refractivity (Wildman–Crippen MR) is 130 cm³/mol. The zero-order chi connectivity index (χ0) is 24.5. The van der Waals surface area contributed by atoms with E-state index in [1.165, 1.54) is 12.0 Å². The van der Waals surface area contributed by atoms with E-state index in [0.717, 1.165) is 12.1 Å². The predicted octanol–water partition coefficient (Wildman–Crippen LogP) is 3.87. The van der Waals surface area contributed by atoms with Gasteiger partial charge in [-0.15, -0.1) is 0 Å². The third-order valence-corrected chi connectivity index (χ3v) is 6.24. The number of ether oxygens (including phenoxy) is 1. The van der Waals surface area contributed by atoms with Crippen molar-refractivity contribution in [2.75, 3.05) is 23.9 Å². The van der Waals surface area contributed by atoms with Crippen LogP contribution < -0.4 is 15.0 Å². The van der Waals surface area contributed by atoms with Gasteiger partial charge in [0.15, 0.2) is 0 Å². The highest BCUT2D eigenvalue weighted by Crippen LogP contribution is 2.28. The average molecular weight is 469 g/mol. The molecule has 2 aliphatic rings. The molecule has 0 saturated carbocycles. The van der Waals surface area contributed by atoms with E-state index in [2.05, 4.69) is 5.32 Å². The summed E-state index contributed by atoms with van der Waals surface area (Å²) >= 11 is 0. The Morgan fingerprint density at radius 1 is 0.943 bits per heavy atom. The summed E-state index contributed by atoms with van der Waals surface area (Å²) in [6.07, 6.45) is 1.39. The van der Waals surface area contributed by atoms with Gasteiger partial charge in [0.05, 0.1) is 30.3 Å². The molecule has 0 aromatic heterocycles. The highest BCUT2D eigenvalue weighted by molar-refractivity contribution is 6.21. The van der Waals surface area contributed by atoms with E-state index in [1.54, 1.807) is 71.6 Å². The number of benzene rings is 3. The molecule has 3 aromatic rings. The normalized spacial score (nSPS) is 14.9. The van der Waals surface area contributed by atoms with E-state index < -0.39 is 5.91 Å². The van der Waals surface area contributed by atoms with Gasteiger partial charge in [-0.05, 0) is 60.5 Å². The van der Waals surface area contributed by atoms with Gasteiger partial charge >= 0.3 is 0 Å². The Morgan fingerprint density at radius 3 is 2.23 bits per heavy atom. The van der Waals surface area contributed by atoms with Gasteiger partial charge in [-0.25, -0.2) is 0 Å². The van der Waals surface area contributed by atoms with Gasteiger partial charge in [0.2, 0.25) is 5.91 Å². The third kappa shape index (κ3) is 4.14. The van der Waals surface area contributed by atoms with Crippen molar-refractivity contribution in [3.05, 3.63) is 89.0 Å². The van der Waals surface area contributed by atoms with Crippen molar-refractivity contribution in [3.63, 3.8) is 0 Å². The van der Waals surface area contributed by atoms with Crippen molar-refractivity contribution in [2.24, 2.45) is 0 Å². The van der Waals surface area contributed by atoms with Crippen LogP contribution in [0.15, 0.2) is 66.7 Å². The van der Waals surface area contributed by atoms with Gasteiger partial charge in [-0.3, -0.25) is 24.1 Å². The molecule has 2 aliphatic heterocycles. The molecule has 0 unspecified atom stereocenters. The molecule has 176 valence electrons. The van der Waals surface area contributed by atoms with Gasteiger partial charge in [-0.1, -0.05) is 18.2 Å². The van der Waals surface area contributed by atoms with Crippen molar-refractivity contribution in [1.29, 1.82) is 0 Å². The monoisotopic (exact) mass is 469 g/mol. The van der Waals surface area contributed by atoms with Gasteiger partial charge in [0.25, 0.3) is 17.7 Å². The SMILES string of the molecule is COc1ccc(CN2C(=O)c3ccccc3C2=O)cc1C(=O)Nc1ccc(N2CCCC2=O)cc1. The highest BCUT2D eigenvalue weighted by atomic mass is 16.5. The summed E-state index contributed by atoms with van der Waals surface area (Å²) < 4.78 is 5.37. The first kappa shape index (κ1) is 22.3. The van der Waals surface area contributed by atoms with E-state index in [0.29, 0.717) is 41.1 Å². The van der Waals surface area contributed by atoms with Gasteiger partial charge in [-0.2, -0.15) is 0 Å². The van der Waals surface area contributed by atoms with Crippen molar-refractivity contribution < 1.29 is 23.9 Å². The second-order valence-electron chi connectivity index (χ2n) is 8.43. The Kier molecular flexibility index (Phi) is 5.78. The average Bonchev–Trinajstić information content (AvgIpc) is 3.41. The molecule has 4 amide bonds. The molecule has 0 radical (unpaired) electrons. The summed E-state index contributed by atoms with van der Waals surface area (Å²) in [7, 11) is 1.47. The third-order valence-electron chi connectivity index (χ3n) is 6.24. The first-order valence-corrected chi connectivity index (χ1v) is 11.3. The Balaban J connectivity index is 1.33. The number of carbonyl (C=O) groups is 4. The zero-order valence-electron chi connectivity index (χ0n) is 19.1. The number of rotatable bonds is 6. The summed E-state index contributed by atoms with van der Waals surface area (Å²) in [6.45, 7) is 0.733. The van der Waals surface area contributed by atoms with Gasteiger partial charge < -0.3 is 15.0 Å². The van der Waals surface area contributed by atoms with E-state index in [9.17, 15) is 19.2 Å². The molecule has 8 heteroatoms. The van der Waals surface area contributed by atoms with E-state index in [-0.39, 0.29) is 29.8 Å². The topological polar surface area (TPSA) is 96.0 Å². The quantitative estimate of drug-likeness (QED) is 0.553. The number of carbonyl (C=O) groups excluding carboxylic acids is 4. The fourth-order valence-corrected chi connectivity index (χ4v) is 4.44. The fraction of sp³-hybridized carbons (Fsp3) is 0.185. The molecule has 5 rings (SSSR count). The van der Waals surface area contributed by atoms with E-state index >= 15 is 0 Å². The molecule has 0 spiro atoms. The Hall–Kier alpha value is -4.46. The molecule has 0 aliphatic carbocycles. The Bertz CT molecular complexity index is 1310. The van der Waals surface area contributed by atoms with Crippen LogP contribution in [0.25, 0.3) is 0 Å². The molecule has 0 bridgehead atoms. The maximum absolute atomic E-state index is 13.1. The van der Waals surface area contributed by atoms with Crippen LogP contribution in [-0.4, -0.2) is 42.2 Å². The fourth-order valence-electron chi connectivity index (χ4n) is 4.44. The van der Waals surface area contributed by atoms with Crippen molar-refractivity contribution in [1.82, 2.24) is 4.90 Å². The number of amides is 4. The van der Waals surface area contributed by atoms with Crippen LogP contribution in [0.2, 0.25) is 0 Å². The lowest BCUT2D eigenvalue weighted by Gasteiger charge is -2.17. The molecule has 3 aromatic carbocycles. The first-order chi connectivity index (χ1) is 17.0. The molecule has 1 N–H and O–H groups in total. The van der Waals surface area contributed by atoms with E-state index in [4.69, 9.17) is 4.74 Å².